The van der Waals surface area contributed by atoms with E-state index < -0.39 is 25.0 Å². The lowest BCUT2D eigenvalue weighted by atomic mass is 10.0. The van der Waals surface area contributed by atoms with Crippen molar-refractivity contribution in [2.45, 2.75) is 33.2 Å². The molecule has 2 amide bonds. The Kier molecular flexibility index (Phi) is 4.00. The van der Waals surface area contributed by atoms with E-state index in [1.165, 1.54) is 15.8 Å². The average Bonchev–Trinajstić information content (AvgIpc) is 3.02. The van der Waals surface area contributed by atoms with Gasteiger partial charge in [-0.2, -0.15) is 4.39 Å². The van der Waals surface area contributed by atoms with Crippen molar-refractivity contribution in [1.82, 2.24) is 29.8 Å². The van der Waals surface area contributed by atoms with Gasteiger partial charge in [-0.25, -0.2) is 14.5 Å². The molecule has 7 nitrogen and oxygen atoms in total. The SMILES string of the molecule is [3H]C([3H])([3H])N(C(=O)N1CC=C(c2nnn(-c3cccnc3F)c2C)CC1)C(C)C. The van der Waals surface area contributed by atoms with Gasteiger partial charge in [0, 0.05) is 36.4 Å². The van der Waals surface area contributed by atoms with Gasteiger partial charge in [-0.15, -0.1) is 5.10 Å². The highest BCUT2D eigenvalue weighted by atomic mass is 19.1. The number of carbonyl (C=O) groups is 1. The Labute approximate surface area is 156 Å². The first-order valence-electron chi connectivity index (χ1n) is 9.92. The van der Waals surface area contributed by atoms with Gasteiger partial charge in [0.1, 0.15) is 11.4 Å². The normalized spacial score (nSPS) is 16.7. The molecule has 0 spiro atoms. The topological polar surface area (TPSA) is 67.2 Å². The quantitative estimate of drug-likeness (QED) is 0.786. The molecule has 26 heavy (non-hydrogen) atoms. The van der Waals surface area contributed by atoms with Gasteiger partial charge in [0.15, 0.2) is 0 Å². The zero-order valence-corrected chi connectivity index (χ0v) is 15.0. The molecule has 0 atom stereocenters. The van der Waals surface area contributed by atoms with Crippen LogP contribution in [0, 0.1) is 12.9 Å². The predicted octanol–water partition coefficient (Wildman–Crippen LogP) is 2.66. The van der Waals surface area contributed by atoms with E-state index in [2.05, 4.69) is 15.3 Å². The van der Waals surface area contributed by atoms with Crippen LogP contribution in [0.4, 0.5) is 9.18 Å². The molecule has 0 aromatic carbocycles. The third kappa shape index (κ3) is 3.31. The number of halogens is 1. The van der Waals surface area contributed by atoms with E-state index in [0.717, 1.165) is 10.5 Å². The zero-order chi connectivity index (χ0) is 21.3. The molecule has 1 aliphatic rings. The first-order valence-corrected chi connectivity index (χ1v) is 8.42. The van der Waals surface area contributed by atoms with Crippen LogP contribution in [0.5, 0.6) is 0 Å². The molecule has 0 radical (unpaired) electrons. The molecule has 0 saturated heterocycles. The molecule has 0 N–H and O–H groups in total. The number of hydrogen-bond donors (Lipinski definition) is 0. The van der Waals surface area contributed by atoms with Crippen LogP contribution in [0.3, 0.4) is 0 Å². The van der Waals surface area contributed by atoms with E-state index in [1.54, 1.807) is 32.9 Å². The van der Waals surface area contributed by atoms with Gasteiger partial charge in [-0.05, 0) is 44.9 Å². The lowest BCUT2D eigenvalue weighted by molar-refractivity contribution is 0.157. The Morgan fingerprint density at radius 3 is 2.88 bits per heavy atom. The number of hydrogen-bond acceptors (Lipinski definition) is 4. The maximum absolute atomic E-state index is 14.0. The van der Waals surface area contributed by atoms with E-state index in [9.17, 15) is 9.18 Å². The largest absolute Gasteiger partial charge is 0.325 e. The van der Waals surface area contributed by atoms with Crippen molar-refractivity contribution in [3.8, 4) is 5.69 Å². The van der Waals surface area contributed by atoms with Crippen LogP contribution in [0.15, 0.2) is 24.4 Å². The standard InChI is InChI=1S/C18H23FN6O/c1-12(2)23(4)18(26)24-10-7-14(8-11-24)16-13(3)25(22-21-16)15-6-5-9-20-17(15)19/h5-7,9,12H,8,10-11H2,1-4H3/i4T3. The summed E-state index contributed by atoms with van der Waals surface area (Å²) >= 11 is 0. The molecule has 3 rings (SSSR count). The number of urea groups is 1. The van der Waals surface area contributed by atoms with Crippen LogP contribution in [0.1, 0.15) is 35.8 Å². The third-order valence-corrected chi connectivity index (χ3v) is 4.37. The van der Waals surface area contributed by atoms with E-state index in [1.807, 2.05) is 6.08 Å². The molecule has 2 aromatic rings. The fourth-order valence-electron chi connectivity index (χ4n) is 2.82. The Hall–Kier alpha value is -2.77. The van der Waals surface area contributed by atoms with Crippen molar-refractivity contribution in [1.29, 1.82) is 0 Å². The lowest BCUT2D eigenvalue weighted by Crippen LogP contribution is -2.45. The maximum atomic E-state index is 14.0. The molecule has 2 aromatic heterocycles. The monoisotopic (exact) mass is 364 g/mol. The smallest absolute Gasteiger partial charge is 0.320 e. The van der Waals surface area contributed by atoms with E-state index >= 15 is 0 Å². The summed E-state index contributed by atoms with van der Waals surface area (Å²) in [5.74, 6) is -0.639. The predicted molar refractivity (Wildman–Crippen MR) is 96.3 cm³/mol. The van der Waals surface area contributed by atoms with Gasteiger partial charge < -0.3 is 9.80 Å². The molecule has 0 unspecified atom stereocenters. The third-order valence-electron chi connectivity index (χ3n) is 4.37. The summed E-state index contributed by atoms with van der Waals surface area (Å²) in [4.78, 5) is 18.8. The zero-order valence-electron chi connectivity index (χ0n) is 18.0. The summed E-state index contributed by atoms with van der Waals surface area (Å²) in [6, 6.07) is 2.22. The fourth-order valence-corrected chi connectivity index (χ4v) is 2.82. The number of nitrogens with zero attached hydrogens (tertiary/aromatic N) is 6. The lowest BCUT2D eigenvalue weighted by Gasteiger charge is -2.32. The fraction of sp³-hybridized carbons (Fsp3) is 0.444. The van der Waals surface area contributed by atoms with Crippen LogP contribution >= 0.6 is 0 Å². The van der Waals surface area contributed by atoms with Crippen molar-refractivity contribution in [3.63, 3.8) is 0 Å². The minimum Gasteiger partial charge on any atom is -0.325 e. The van der Waals surface area contributed by atoms with Crippen molar-refractivity contribution < 1.29 is 13.3 Å². The van der Waals surface area contributed by atoms with Crippen molar-refractivity contribution in [2.24, 2.45) is 0 Å². The molecule has 0 fully saturated rings. The minimum atomic E-state index is -2.50. The second kappa shape index (κ2) is 7.23. The van der Waals surface area contributed by atoms with Crippen molar-refractivity contribution in [2.75, 3.05) is 20.1 Å². The van der Waals surface area contributed by atoms with Gasteiger partial charge in [0.2, 0.25) is 5.95 Å². The van der Waals surface area contributed by atoms with Crippen LogP contribution in [0.2, 0.25) is 0 Å². The van der Waals surface area contributed by atoms with Gasteiger partial charge in [0.25, 0.3) is 0 Å². The first kappa shape index (κ1) is 14.4. The first-order chi connectivity index (χ1) is 13.6. The summed E-state index contributed by atoms with van der Waals surface area (Å²) in [5.41, 5.74) is 2.38. The highest BCUT2D eigenvalue weighted by Crippen LogP contribution is 2.25. The number of aromatic nitrogens is 4. The molecule has 3 heterocycles. The summed E-state index contributed by atoms with van der Waals surface area (Å²) in [7, 11) is 0. The average molecular weight is 364 g/mol. The summed E-state index contributed by atoms with van der Waals surface area (Å²) < 4.78 is 38.2. The minimum absolute atomic E-state index is 0.210. The van der Waals surface area contributed by atoms with E-state index in [0.29, 0.717) is 24.4 Å². The molecule has 138 valence electrons. The molecule has 0 bridgehead atoms. The second-order valence-electron chi connectivity index (χ2n) is 6.42. The molecule has 8 heteroatoms. The number of rotatable bonds is 3. The van der Waals surface area contributed by atoms with Crippen molar-refractivity contribution >= 4 is 11.6 Å². The Morgan fingerprint density at radius 2 is 2.27 bits per heavy atom. The Morgan fingerprint density at radius 1 is 1.46 bits per heavy atom. The second-order valence-corrected chi connectivity index (χ2v) is 6.42. The summed E-state index contributed by atoms with van der Waals surface area (Å²) in [6.45, 7) is 3.26. The van der Waals surface area contributed by atoms with Crippen LogP contribution in [0.25, 0.3) is 11.3 Å². The Balaban J connectivity index is 1.80. The number of amides is 2. The van der Waals surface area contributed by atoms with Gasteiger partial charge in [-0.3, -0.25) is 0 Å². The van der Waals surface area contributed by atoms with Crippen LogP contribution in [-0.2, 0) is 0 Å². The molecular formula is C18H23FN6O. The maximum Gasteiger partial charge on any atom is 0.320 e. The Bertz CT molecular complexity index is 940. The molecule has 1 aliphatic heterocycles. The molecular weight excluding hydrogens is 335 g/mol. The van der Waals surface area contributed by atoms with Gasteiger partial charge in [0.05, 0.1) is 5.69 Å². The van der Waals surface area contributed by atoms with E-state index in [4.69, 9.17) is 4.11 Å². The van der Waals surface area contributed by atoms with Crippen molar-refractivity contribution in [3.05, 3.63) is 41.7 Å². The highest BCUT2D eigenvalue weighted by Gasteiger charge is 2.24. The summed E-state index contributed by atoms with van der Waals surface area (Å²) in [5, 5.41) is 8.22. The van der Waals surface area contributed by atoms with Crippen LogP contribution in [-0.4, -0.2) is 61.9 Å². The number of carbonyl (C=O) groups excluding carboxylic acids is 1. The summed E-state index contributed by atoms with van der Waals surface area (Å²) in [6.07, 6.45) is 3.69. The van der Waals surface area contributed by atoms with Gasteiger partial charge >= 0.3 is 6.03 Å². The molecule has 0 saturated carbocycles. The van der Waals surface area contributed by atoms with Crippen LogP contribution < -0.4 is 0 Å². The molecule has 0 aliphatic carbocycles. The van der Waals surface area contributed by atoms with Gasteiger partial charge in [-0.1, -0.05) is 11.3 Å². The highest BCUT2D eigenvalue weighted by molar-refractivity contribution is 5.76. The van der Waals surface area contributed by atoms with E-state index in [-0.39, 0.29) is 12.2 Å². The number of pyridine rings is 1.